The van der Waals surface area contributed by atoms with Gasteiger partial charge in [0.25, 0.3) is 5.91 Å². The molecule has 0 saturated carbocycles. The van der Waals surface area contributed by atoms with E-state index in [0.717, 1.165) is 10.6 Å². The first kappa shape index (κ1) is 16.0. The summed E-state index contributed by atoms with van der Waals surface area (Å²) < 4.78 is 0. The van der Waals surface area contributed by atoms with E-state index in [2.05, 4.69) is 4.98 Å². The summed E-state index contributed by atoms with van der Waals surface area (Å²) in [6.45, 7) is 2.43. The van der Waals surface area contributed by atoms with Crippen molar-refractivity contribution in [2.24, 2.45) is 5.92 Å². The van der Waals surface area contributed by atoms with Crippen LogP contribution in [0.4, 0.5) is 0 Å². The molecule has 1 aliphatic heterocycles. The molecule has 120 valence electrons. The molecule has 2 aromatic rings. The van der Waals surface area contributed by atoms with E-state index in [4.69, 9.17) is 11.6 Å². The molecular weight excluding hydrogens is 336 g/mol. The molecule has 0 aliphatic carbocycles. The second-order valence-electron chi connectivity index (χ2n) is 5.56. The third-order valence-electron chi connectivity index (χ3n) is 4.05. The molecule has 1 aliphatic rings. The Morgan fingerprint density at radius 1 is 1.30 bits per heavy atom. The Bertz CT molecular complexity index is 744. The van der Waals surface area contributed by atoms with Gasteiger partial charge in [0.2, 0.25) is 0 Å². The zero-order chi connectivity index (χ0) is 16.6. The van der Waals surface area contributed by atoms with Crippen LogP contribution in [0.25, 0.3) is 0 Å². The molecule has 1 fully saturated rings. The van der Waals surface area contributed by atoms with E-state index >= 15 is 0 Å². The molecule has 2 heterocycles. The number of nitrogens with zero attached hydrogens (tertiary/aromatic N) is 2. The van der Waals surface area contributed by atoms with Crippen LogP contribution in [0.1, 0.15) is 26.2 Å². The monoisotopic (exact) mass is 350 g/mol. The van der Waals surface area contributed by atoms with Crippen molar-refractivity contribution >= 4 is 34.8 Å². The number of aromatic nitrogens is 1. The number of carbonyl (C=O) groups excluding carboxylic acids is 1. The third-order valence-corrected chi connectivity index (χ3v) is 5.21. The molecule has 7 heteroatoms. The molecule has 2 atom stereocenters. The van der Waals surface area contributed by atoms with E-state index in [9.17, 15) is 14.7 Å². The fourth-order valence-electron chi connectivity index (χ4n) is 2.88. The average molecular weight is 351 g/mol. The van der Waals surface area contributed by atoms with Gasteiger partial charge in [-0.3, -0.25) is 9.59 Å². The summed E-state index contributed by atoms with van der Waals surface area (Å²) in [4.78, 5) is 30.4. The fourth-order valence-corrected chi connectivity index (χ4v) is 3.76. The van der Waals surface area contributed by atoms with Crippen molar-refractivity contribution in [2.45, 2.75) is 12.8 Å². The molecule has 5 nitrogen and oxygen atoms in total. The molecule has 1 N–H and O–H groups in total. The predicted molar refractivity (Wildman–Crippen MR) is 88.1 cm³/mol. The molecule has 0 spiro atoms. The lowest BCUT2D eigenvalue weighted by molar-refractivity contribution is -0.141. The molecule has 3 rings (SSSR count). The van der Waals surface area contributed by atoms with Crippen molar-refractivity contribution in [3.8, 4) is 0 Å². The SMILES string of the molecule is Cc1ncc(C(=O)N2C[C@@H](C(=O)O)[C@H](c3ccc(Cl)cc3)C2)s1. The Kier molecular flexibility index (Phi) is 4.37. The van der Waals surface area contributed by atoms with E-state index in [-0.39, 0.29) is 18.4 Å². The predicted octanol–water partition coefficient (Wildman–Crippen LogP) is 3.05. The van der Waals surface area contributed by atoms with Crippen LogP contribution in [0.2, 0.25) is 5.02 Å². The Balaban J connectivity index is 1.85. The molecule has 0 bridgehead atoms. The Labute approximate surface area is 142 Å². The van der Waals surface area contributed by atoms with Gasteiger partial charge >= 0.3 is 5.97 Å². The number of likely N-dealkylation sites (tertiary alicyclic amines) is 1. The molecule has 0 unspecified atom stereocenters. The number of rotatable bonds is 3. The number of carbonyl (C=O) groups is 2. The Morgan fingerprint density at radius 3 is 2.57 bits per heavy atom. The molecule has 0 radical (unpaired) electrons. The number of hydrogen-bond acceptors (Lipinski definition) is 4. The number of thiazole rings is 1. The minimum absolute atomic E-state index is 0.154. The summed E-state index contributed by atoms with van der Waals surface area (Å²) in [5.41, 5.74) is 0.887. The number of aliphatic carboxylic acids is 1. The van der Waals surface area contributed by atoms with Gasteiger partial charge in [-0.15, -0.1) is 11.3 Å². The van der Waals surface area contributed by atoms with E-state index in [1.54, 1.807) is 23.2 Å². The summed E-state index contributed by atoms with van der Waals surface area (Å²) in [5.74, 6) is -1.89. The lowest BCUT2D eigenvalue weighted by Gasteiger charge is -2.15. The average Bonchev–Trinajstić information content (AvgIpc) is 3.14. The van der Waals surface area contributed by atoms with E-state index in [0.29, 0.717) is 16.4 Å². The number of aryl methyl sites for hydroxylation is 1. The first-order chi connectivity index (χ1) is 11.0. The molecule has 1 aromatic carbocycles. The summed E-state index contributed by atoms with van der Waals surface area (Å²) >= 11 is 7.22. The maximum absolute atomic E-state index is 12.5. The zero-order valence-electron chi connectivity index (χ0n) is 12.4. The standard InChI is InChI=1S/C16H15ClN2O3S/c1-9-18-6-14(23-9)15(20)19-7-12(13(8-19)16(21)22)10-2-4-11(17)5-3-10/h2-6,12-13H,7-8H2,1H3,(H,21,22)/t12-,13+/m0/s1. The Hall–Kier alpha value is -1.92. The van der Waals surface area contributed by atoms with Gasteiger partial charge in [-0.1, -0.05) is 23.7 Å². The van der Waals surface area contributed by atoms with Crippen LogP contribution in [0.15, 0.2) is 30.5 Å². The maximum atomic E-state index is 12.5. The second-order valence-corrected chi connectivity index (χ2v) is 7.23. The molecule has 1 aromatic heterocycles. The van der Waals surface area contributed by atoms with Gasteiger partial charge in [-0.25, -0.2) is 4.98 Å². The highest BCUT2D eigenvalue weighted by Gasteiger charge is 2.40. The number of hydrogen-bond donors (Lipinski definition) is 1. The molecular formula is C16H15ClN2O3S. The van der Waals surface area contributed by atoms with Crippen molar-refractivity contribution in [3.63, 3.8) is 0 Å². The van der Waals surface area contributed by atoms with E-state index in [1.165, 1.54) is 11.3 Å². The summed E-state index contributed by atoms with van der Waals surface area (Å²) in [7, 11) is 0. The highest BCUT2D eigenvalue weighted by atomic mass is 35.5. The van der Waals surface area contributed by atoms with Crippen molar-refractivity contribution in [1.29, 1.82) is 0 Å². The molecule has 23 heavy (non-hydrogen) atoms. The summed E-state index contributed by atoms with van der Waals surface area (Å²) in [6, 6.07) is 7.14. The highest BCUT2D eigenvalue weighted by Crippen LogP contribution is 2.34. The van der Waals surface area contributed by atoms with Crippen LogP contribution < -0.4 is 0 Å². The van der Waals surface area contributed by atoms with E-state index in [1.807, 2.05) is 19.1 Å². The van der Waals surface area contributed by atoms with Crippen LogP contribution in [-0.4, -0.2) is 40.0 Å². The van der Waals surface area contributed by atoms with Crippen LogP contribution in [0.3, 0.4) is 0 Å². The number of carboxylic acids is 1. The largest absolute Gasteiger partial charge is 0.481 e. The van der Waals surface area contributed by atoms with Gasteiger partial charge in [0.1, 0.15) is 4.88 Å². The fraction of sp³-hybridized carbons (Fsp3) is 0.312. The molecule has 1 saturated heterocycles. The number of benzene rings is 1. The number of halogens is 1. The number of amides is 1. The zero-order valence-corrected chi connectivity index (χ0v) is 14.0. The first-order valence-electron chi connectivity index (χ1n) is 7.15. The van der Waals surface area contributed by atoms with Crippen LogP contribution in [0.5, 0.6) is 0 Å². The van der Waals surface area contributed by atoms with Gasteiger partial charge in [0, 0.05) is 24.0 Å². The second kappa shape index (κ2) is 6.29. The van der Waals surface area contributed by atoms with Gasteiger partial charge in [-0.05, 0) is 24.6 Å². The van der Waals surface area contributed by atoms with Crippen molar-refractivity contribution in [3.05, 3.63) is 50.9 Å². The normalized spacial score (nSPS) is 20.7. The lowest BCUT2D eigenvalue weighted by atomic mass is 9.89. The van der Waals surface area contributed by atoms with Gasteiger partial charge in [-0.2, -0.15) is 0 Å². The van der Waals surface area contributed by atoms with Crippen LogP contribution >= 0.6 is 22.9 Å². The minimum atomic E-state index is -0.888. The van der Waals surface area contributed by atoms with Crippen molar-refractivity contribution in [1.82, 2.24) is 9.88 Å². The van der Waals surface area contributed by atoms with Gasteiger partial charge in [0.15, 0.2) is 0 Å². The Morgan fingerprint density at radius 2 is 2.00 bits per heavy atom. The molecule has 1 amide bonds. The van der Waals surface area contributed by atoms with Gasteiger partial charge < -0.3 is 10.0 Å². The van der Waals surface area contributed by atoms with Crippen molar-refractivity contribution < 1.29 is 14.7 Å². The van der Waals surface area contributed by atoms with Crippen LogP contribution in [-0.2, 0) is 4.79 Å². The quantitative estimate of drug-likeness (QED) is 0.923. The van der Waals surface area contributed by atoms with Crippen molar-refractivity contribution in [2.75, 3.05) is 13.1 Å². The summed E-state index contributed by atoms with van der Waals surface area (Å²) in [6.07, 6.45) is 1.55. The van der Waals surface area contributed by atoms with E-state index < -0.39 is 11.9 Å². The maximum Gasteiger partial charge on any atom is 0.308 e. The summed E-state index contributed by atoms with van der Waals surface area (Å²) in [5, 5.41) is 10.9. The minimum Gasteiger partial charge on any atom is -0.481 e. The number of carboxylic acid groups (broad SMARTS) is 1. The lowest BCUT2D eigenvalue weighted by Crippen LogP contribution is -2.29. The van der Waals surface area contributed by atoms with Crippen LogP contribution in [0, 0.1) is 12.8 Å². The first-order valence-corrected chi connectivity index (χ1v) is 8.35. The van der Waals surface area contributed by atoms with Gasteiger partial charge in [0.05, 0.1) is 17.1 Å². The highest BCUT2D eigenvalue weighted by molar-refractivity contribution is 7.13. The smallest absolute Gasteiger partial charge is 0.308 e. The third kappa shape index (κ3) is 3.23. The topological polar surface area (TPSA) is 70.5 Å².